The van der Waals surface area contributed by atoms with Gasteiger partial charge in [-0.1, -0.05) is 23.2 Å². The molecule has 0 saturated carbocycles. The van der Waals surface area contributed by atoms with Gasteiger partial charge in [-0.05, 0) is 18.2 Å². The third-order valence-corrected chi connectivity index (χ3v) is 2.37. The minimum absolute atomic E-state index is 0.116. The van der Waals surface area contributed by atoms with Gasteiger partial charge >= 0.3 is 0 Å². The highest BCUT2D eigenvalue weighted by atomic mass is 35.5. The van der Waals surface area contributed by atoms with Crippen LogP contribution in [0.2, 0.25) is 10.2 Å². The fraction of sp³-hybridized carbons (Fsp3) is 0. The van der Waals surface area contributed by atoms with Crippen molar-refractivity contribution in [1.82, 2.24) is 9.97 Å². The molecular formula is C10H6Cl2FN3. The number of nitrogens with zero attached hydrogens (tertiary/aromatic N) is 2. The number of nitrogen functional groups attached to an aromatic ring is 1. The molecule has 0 aliphatic rings. The second kappa shape index (κ2) is 4.23. The topological polar surface area (TPSA) is 51.8 Å². The van der Waals surface area contributed by atoms with Gasteiger partial charge in [0.15, 0.2) is 0 Å². The van der Waals surface area contributed by atoms with Crippen LogP contribution >= 0.6 is 23.2 Å². The smallest absolute Gasteiger partial charge is 0.150 e. The van der Waals surface area contributed by atoms with Crippen LogP contribution in [-0.4, -0.2) is 9.97 Å². The van der Waals surface area contributed by atoms with Gasteiger partial charge in [0, 0.05) is 10.6 Å². The first-order chi connectivity index (χ1) is 7.58. The van der Waals surface area contributed by atoms with E-state index in [1.807, 2.05) is 0 Å². The Morgan fingerprint density at radius 2 is 2.00 bits per heavy atom. The van der Waals surface area contributed by atoms with Crippen molar-refractivity contribution in [2.24, 2.45) is 0 Å². The van der Waals surface area contributed by atoms with Gasteiger partial charge in [-0.25, -0.2) is 14.4 Å². The van der Waals surface area contributed by atoms with E-state index in [9.17, 15) is 4.39 Å². The van der Waals surface area contributed by atoms with Crippen LogP contribution in [0.25, 0.3) is 11.3 Å². The largest absolute Gasteiger partial charge is 0.382 e. The molecule has 2 N–H and O–H groups in total. The molecule has 82 valence electrons. The molecule has 0 fully saturated rings. The Bertz CT molecular complexity index is 546. The Kier molecular flexibility index (Phi) is 2.94. The summed E-state index contributed by atoms with van der Waals surface area (Å²) in [6.45, 7) is 0. The first kappa shape index (κ1) is 11.1. The van der Waals surface area contributed by atoms with Crippen molar-refractivity contribution in [3.05, 3.63) is 40.4 Å². The molecule has 16 heavy (non-hydrogen) atoms. The highest BCUT2D eigenvalue weighted by Gasteiger charge is 2.11. The molecule has 0 radical (unpaired) electrons. The first-order valence-corrected chi connectivity index (χ1v) is 5.07. The standard InChI is InChI=1S/C10H6Cl2FN3/c11-5-1-2-6(7(13)3-5)9-10(14)15-4-8(12)16-9/h1-4H,(H2,14,15). The van der Waals surface area contributed by atoms with E-state index in [2.05, 4.69) is 9.97 Å². The van der Waals surface area contributed by atoms with Crippen LogP contribution < -0.4 is 5.73 Å². The Morgan fingerprint density at radius 1 is 1.25 bits per heavy atom. The van der Waals surface area contributed by atoms with E-state index >= 15 is 0 Å². The molecule has 1 heterocycles. The maximum absolute atomic E-state index is 13.6. The highest BCUT2D eigenvalue weighted by Crippen LogP contribution is 2.27. The molecule has 0 atom stereocenters. The minimum Gasteiger partial charge on any atom is -0.382 e. The number of halogens is 3. The molecular weight excluding hydrogens is 252 g/mol. The lowest BCUT2D eigenvalue weighted by Crippen LogP contribution is -1.98. The van der Waals surface area contributed by atoms with Gasteiger partial charge in [0.25, 0.3) is 0 Å². The lowest BCUT2D eigenvalue weighted by atomic mass is 10.1. The predicted octanol–water partition coefficient (Wildman–Crippen LogP) is 3.17. The normalized spacial score (nSPS) is 10.4. The minimum atomic E-state index is -0.518. The Morgan fingerprint density at radius 3 is 2.69 bits per heavy atom. The van der Waals surface area contributed by atoms with Crippen molar-refractivity contribution >= 4 is 29.0 Å². The van der Waals surface area contributed by atoms with Gasteiger partial charge in [-0.3, -0.25) is 0 Å². The van der Waals surface area contributed by atoms with Crippen molar-refractivity contribution in [1.29, 1.82) is 0 Å². The summed E-state index contributed by atoms with van der Waals surface area (Å²) in [5.41, 5.74) is 6.03. The summed E-state index contributed by atoms with van der Waals surface area (Å²) in [5, 5.41) is 0.452. The zero-order valence-electron chi connectivity index (χ0n) is 7.92. The maximum atomic E-state index is 13.6. The summed E-state index contributed by atoms with van der Waals surface area (Å²) in [5.74, 6) is -0.401. The van der Waals surface area contributed by atoms with E-state index in [-0.39, 0.29) is 22.2 Å². The number of hydrogen-bond donors (Lipinski definition) is 1. The molecule has 0 spiro atoms. The average molecular weight is 258 g/mol. The van der Waals surface area contributed by atoms with Crippen LogP contribution in [-0.2, 0) is 0 Å². The van der Waals surface area contributed by atoms with Gasteiger partial charge in [0.1, 0.15) is 22.5 Å². The van der Waals surface area contributed by atoms with Crippen LogP contribution in [0.1, 0.15) is 0 Å². The molecule has 0 amide bonds. The van der Waals surface area contributed by atoms with Crippen LogP contribution in [0.3, 0.4) is 0 Å². The summed E-state index contributed by atoms with van der Waals surface area (Å²) >= 11 is 11.3. The second-order valence-electron chi connectivity index (χ2n) is 3.05. The van der Waals surface area contributed by atoms with Gasteiger partial charge in [0.05, 0.1) is 6.20 Å². The van der Waals surface area contributed by atoms with Gasteiger partial charge in [0.2, 0.25) is 0 Å². The molecule has 1 aromatic carbocycles. The summed E-state index contributed by atoms with van der Waals surface area (Å²) in [6.07, 6.45) is 1.30. The fourth-order valence-electron chi connectivity index (χ4n) is 1.26. The molecule has 0 aliphatic carbocycles. The number of rotatable bonds is 1. The van der Waals surface area contributed by atoms with Crippen molar-refractivity contribution in [2.75, 3.05) is 5.73 Å². The maximum Gasteiger partial charge on any atom is 0.150 e. The summed E-state index contributed by atoms with van der Waals surface area (Å²) in [7, 11) is 0. The lowest BCUT2D eigenvalue weighted by Gasteiger charge is -2.05. The summed E-state index contributed by atoms with van der Waals surface area (Å²) in [6, 6.07) is 4.20. The van der Waals surface area contributed by atoms with Crippen LogP contribution in [0.15, 0.2) is 24.4 Å². The Hall–Kier alpha value is -1.39. The van der Waals surface area contributed by atoms with Gasteiger partial charge < -0.3 is 5.73 Å². The van der Waals surface area contributed by atoms with Crippen molar-refractivity contribution in [2.45, 2.75) is 0 Å². The monoisotopic (exact) mass is 257 g/mol. The third kappa shape index (κ3) is 2.08. The molecule has 0 aliphatic heterocycles. The van der Waals surface area contributed by atoms with Crippen LogP contribution in [0, 0.1) is 5.82 Å². The molecule has 2 aromatic rings. The lowest BCUT2D eigenvalue weighted by molar-refractivity contribution is 0.631. The van der Waals surface area contributed by atoms with Crippen molar-refractivity contribution < 1.29 is 4.39 Å². The zero-order valence-corrected chi connectivity index (χ0v) is 9.43. The molecule has 1 aromatic heterocycles. The third-order valence-electron chi connectivity index (χ3n) is 1.96. The number of nitrogens with two attached hydrogens (primary N) is 1. The van der Waals surface area contributed by atoms with Crippen molar-refractivity contribution in [3.8, 4) is 11.3 Å². The fourth-order valence-corrected chi connectivity index (χ4v) is 1.55. The SMILES string of the molecule is Nc1ncc(Cl)nc1-c1ccc(Cl)cc1F. The Labute approximate surface area is 101 Å². The van der Waals surface area contributed by atoms with E-state index in [4.69, 9.17) is 28.9 Å². The molecule has 0 unspecified atom stereocenters. The van der Waals surface area contributed by atoms with Crippen molar-refractivity contribution in [3.63, 3.8) is 0 Å². The number of benzene rings is 1. The van der Waals surface area contributed by atoms with Crippen LogP contribution in [0.4, 0.5) is 10.2 Å². The first-order valence-electron chi connectivity index (χ1n) is 4.31. The number of anilines is 1. The molecule has 2 rings (SSSR count). The van der Waals surface area contributed by atoms with Gasteiger partial charge in [-0.2, -0.15) is 0 Å². The average Bonchev–Trinajstić information content (AvgIpc) is 2.22. The number of aromatic nitrogens is 2. The molecule has 0 bridgehead atoms. The summed E-state index contributed by atoms with van der Waals surface area (Å²) in [4.78, 5) is 7.73. The van der Waals surface area contributed by atoms with E-state index < -0.39 is 5.82 Å². The summed E-state index contributed by atoms with van der Waals surface area (Å²) < 4.78 is 13.6. The second-order valence-corrected chi connectivity index (χ2v) is 3.87. The Balaban J connectivity index is 2.62. The zero-order chi connectivity index (χ0) is 11.7. The van der Waals surface area contributed by atoms with E-state index in [1.165, 1.54) is 18.3 Å². The van der Waals surface area contributed by atoms with E-state index in [0.717, 1.165) is 0 Å². The molecule has 0 saturated heterocycles. The number of hydrogen-bond acceptors (Lipinski definition) is 3. The van der Waals surface area contributed by atoms with E-state index in [0.29, 0.717) is 5.02 Å². The quantitative estimate of drug-likeness (QED) is 0.854. The highest BCUT2D eigenvalue weighted by molar-refractivity contribution is 6.30. The predicted molar refractivity (Wildman–Crippen MR) is 61.9 cm³/mol. The molecule has 3 nitrogen and oxygen atoms in total. The molecule has 6 heteroatoms. The van der Waals surface area contributed by atoms with Gasteiger partial charge in [-0.15, -0.1) is 0 Å². The van der Waals surface area contributed by atoms with E-state index in [1.54, 1.807) is 6.07 Å². The van der Waals surface area contributed by atoms with Crippen LogP contribution in [0.5, 0.6) is 0 Å².